The fourth-order valence-corrected chi connectivity index (χ4v) is 6.06. The lowest BCUT2D eigenvalue weighted by atomic mass is 10.1. The third-order valence-corrected chi connectivity index (χ3v) is 8.60. The lowest BCUT2D eigenvalue weighted by molar-refractivity contribution is -0.126. The van der Waals surface area contributed by atoms with Crippen LogP contribution >= 0.6 is 0 Å². The van der Waals surface area contributed by atoms with Crippen LogP contribution in [0.15, 0.2) is 11.8 Å². The highest BCUT2D eigenvalue weighted by molar-refractivity contribution is 5.96. The number of amidine groups is 2. The van der Waals surface area contributed by atoms with Crippen molar-refractivity contribution in [3.63, 3.8) is 0 Å². The minimum atomic E-state index is -0.775. The van der Waals surface area contributed by atoms with Crippen LogP contribution in [-0.4, -0.2) is 115 Å². The van der Waals surface area contributed by atoms with E-state index in [4.69, 9.17) is 22.3 Å². The van der Waals surface area contributed by atoms with Gasteiger partial charge in [-0.25, -0.2) is 5.43 Å². The van der Waals surface area contributed by atoms with Gasteiger partial charge in [0.05, 0.1) is 25.2 Å². The Bertz CT molecular complexity index is 1170. The molecule has 5 atom stereocenters. The van der Waals surface area contributed by atoms with Crippen LogP contribution in [0.1, 0.15) is 38.5 Å². The molecule has 4 amide bonds. The highest BCUT2D eigenvalue weighted by atomic mass is 16.2. The molecule has 43 heavy (non-hydrogen) atoms. The minimum absolute atomic E-state index is 0.00987. The summed E-state index contributed by atoms with van der Waals surface area (Å²) in [4.78, 5) is 55.9. The summed E-state index contributed by atoms with van der Waals surface area (Å²) in [5, 5.41) is 26.2. The van der Waals surface area contributed by atoms with E-state index in [0.717, 1.165) is 38.8 Å². The van der Waals surface area contributed by atoms with E-state index >= 15 is 0 Å². The van der Waals surface area contributed by atoms with Crippen molar-refractivity contribution in [1.82, 2.24) is 41.9 Å². The number of rotatable bonds is 14. The van der Waals surface area contributed by atoms with Gasteiger partial charge in [0.25, 0.3) is 5.91 Å². The number of likely N-dealkylation sites (tertiary alicyclic amines) is 2. The molecule has 0 aromatic carbocycles. The van der Waals surface area contributed by atoms with Crippen LogP contribution in [-0.2, 0) is 19.2 Å². The number of carbonyl (C=O) groups excluding carboxylic acids is 4. The Kier molecular flexibility index (Phi) is 9.46. The molecule has 5 unspecified atom stereocenters. The maximum atomic E-state index is 13.1. The summed E-state index contributed by atoms with van der Waals surface area (Å²) in [6.07, 6.45) is 6.95. The molecule has 0 radical (unpaired) electrons. The van der Waals surface area contributed by atoms with Crippen LogP contribution in [0.2, 0.25) is 0 Å². The van der Waals surface area contributed by atoms with E-state index in [-0.39, 0.29) is 66.2 Å². The first-order valence-corrected chi connectivity index (χ1v) is 15.1. The second kappa shape index (κ2) is 13.3. The Morgan fingerprint density at radius 2 is 1.28 bits per heavy atom. The summed E-state index contributed by atoms with van der Waals surface area (Å²) in [7, 11) is 0. The molecular weight excluding hydrogens is 556 g/mol. The fourth-order valence-electron chi connectivity index (χ4n) is 6.06. The average molecular weight is 601 g/mol. The number of nitrogens with zero attached hydrogens (tertiary/aromatic N) is 2. The van der Waals surface area contributed by atoms with Gasteiger partial charge < -0.3 is 38.2 Å². The van der Waals surface area contributed by atoms with E-state index in [1.807, 2.05) is 0 Å². The largest absolute Gasteiger partial charge is 0.386 e. The van der Waals surface area contributed by atoms with Crippen molar-refractivity contribution < 1.29 is 19.2 Å². The second-order valence-electron chi connectivity index (χ2n) is 12.5. The van der Waals surface area contributed by atoms with Crippen molar-refractivity contribution >= 4 is 35.3 Å². The molecule has 3 aliphatic heterocycles. The standard InChI is InChI=1S/C27H44N12O4/c28-22(29)8-32-26(42)20-5-16(12-38(20)10-14-1-2-14)34-24(40)18-7-19(37-36-18)25(41)35-17-6-21(27(43)33-9-23(30)31)39(13-17)11-15-3-4-15/h7,14-18,20-21,36-37H,1-6,8-13H2,(H3,28,29)(H3,30,31)(H,32,42)(H,33,43)(H,34,40)(H,35,41). The second-order valence-corrected chi connectivity index (χ2v) is 12.5. The quantitative estimate of drug-likeness (QED) is 0.0693. The number of carbonyl (C=O) groups is 4. The Balaban J connectivity index is 1.12. The van der Waals surface area contributed by atoms with E-state index in [2.05, 4.69) is 41.9 Å². The first-order valence-electron chi connectivity index (χ1n) is 15.1. The SMILES string of the molecule is N=C(N)CNC(=O)C1CC(NC(=O)C2=CC(C(=O)NC3CC(C(=O)NCC(=N)N)N(CC4CC4)C3)NN2)CN1CC1CC1. The van der Waals surface area contributed by atoms with Crippen LogP contribution in [0.5, 0.6) is 0 Å². The molecule has 3 heterocycles. The summed E-state index contributed by atoms with van der Waals surface area (Å²) < 4.78 is 0. The molecule has 0 aromatic rings. The van der Waals surface area contributed by atoms with Crippen LogP contribution in [0, 0.1) is 22.7 Å². The van der Waals surface area contributed by atoms with Crippen molar-refractivity contribution in [2.45, 2.75) is 68.7 Å². The third-order valence-electron chi connectivity index (χ3n) is 8.60. The maximum absolute atomic E-state index is 13.1. The first-order chi connectivity index (χ1) is 20.5. The fraction of sp³-hybridized carbons (Fsp3) is 0.704. The van der Waals surface area contributed by atoms with Crippen LogP contribution in [0.4, 0.5) is 0 Å². The maximum Gasteiger partial charge on any atom is 0.268 e. The van der Waals surface area contributed by atoms with Gasteiger partial charge in [0.2, 0.25) is 17.7 Å². The molecule has 0 bridgehead atoms. The van der Waals surface area contributed by atoms with Crippen molar-refractivity contribution in [3.05, 3.63) is 11.8 Å². The van der Waals surface area contributed by atoms with Gasteiger partial charge >= 0.3 is 0 Å². The summed E-state index contributed by atoms with van der Waals surface area (Å²) in [6.45, 7) is 2.63. The zero-order valence-electron chi connectivity index (χ0n) is 24.3. The summed E-state index contributed by atoms with van der Waals surface area (Å²) in [5.41, 5.74) is 16.7. The molecule has 2 saturated carbocycles. The Labute approximate surface area is 250 Å². The number of hydrogen-bond donors (Lipinski definition) is 10. The monoisotopic (exact) mass is 600 g/mol. The van der Waals surface area contributed by atoms with E-state index in [1.54, 1.807) is 0 Å². The van der Waals surface area contributed by atoms with E-state index in [1.165, 1.54) is 6.08 Å². The van der Waals surface area contributed by atoms with Gasteiger partial charge in [-0.05, 0) is 56.4 Å². The summed E-state index contributed by atoms with van der Waals surface area (Å²) in [5.74, 6) is -0.195. The number of amides is 4. The topological polar surface area (TPSA) is 247 Å². The predicted molar refractivity (Wildman–Crippen MR) is 157 cm³/mol. The Morgan fingerprint density at radius 1 is 0.791 bits per heavy atom. The molecule has 236 valence electrons. The lowest BCUT2D eigenvalue weighted by Gasteiger charge is -2.23. The van der Waals surface area contributed by atoms with E-state index < -0.39 is 18.1 Å². The average Bonchev–Trinajstić information content (AvgIpc) is 3.81. The van der Waals surface area contributed by atoms with Crippen molar-refractivity contribution in [1.29, 1.82) is 10.8 Å². The van der Waals surface area contributed by atoms with Crippen molar-refractivity contribution in [2.24, 2.45) is 23.3 Å². The first kappa shape index (κ1) is 30.7. The number of nitrogens with two attached hydrogens (primary N) is 2. The van der Waals surface area contributed by atoms with Gasteiger partial charge in [-0.2, -0.15) is 0 Å². The van der Waals surface area contributed by atoms with Gasteiger partial charge in [0, 0.05) is 38.3 Å². The van der Waals surface area contributed by atoms with Gasteiger partial charge in [0.1, 0.15) is 23.4 Å². The molecule has 5 aliphatic rings. The van der Waals surface area contributed by atoms with Crippen LogP contribution in [0.25, 0.3) is 0 Å². The van der Waals surface area contributed by atoms with Crippen molar-refractivity contribution in [2.75, 3.05) is 39.3 Å². The summed E-state index contributed by atoms with van der Waals surface area (Å²) >= 11 is 0. The molecule has 0 spiro atoms. The highest BCUT2D eigenvalue weighted by Gasteiger charge is 2.42. The minimum Gasteiger partial charge on any atom is -0.386 e. The molecular formula is C27H44N12O4. The van der Waals surface area contributed by atoms with E-state index in [0.29, 0.717) is 37.8 Å². The molecule has 16 nitrogen and oxygen atoms in total. The smallest absolute Gasteiger partial charge is 0.268 e. The van der Waals surface area contributed by atoms with Gasteiger partial charge in [-0.1, -0.05) is 0 Å². The van der Waals surface area contributed by atoms with Crippen LogP contribution < -0.4 is 43.6 Å². The zero-order chi connectivity index (χ0) is 30.7. The number of hydrogen-bond acceptors (Lipinski definition) is 10. The molecule has 5 rings (SSSR count). The predicted octanol–water partition coefficient (Wildman–Crippen LogP) is -3.61. The van der Waals surface area contributed by atoms with Gasteiger partial charge in [-0.3, -0.25) is 39.8 Å². The molecule has 2 aliphatic carbocycles. The Morgan fingerprint density at radius 3 is 1.74 bits per heavy atom. The molecule has 2 saturated heterocycles. The molecule has 16 heteroatoms. The van der Waals surface area contributed by atoms with Crippen LogP contribution in [0.3, 0.4) is 0 Å². The highest BCUT2D eigenvalue weighted by Crippen LogP contribution is 2.33. The molecule has 12 N–H and O–H groups in total. The normalized spacial score (nSPS) is 28.9. The summed E-state index contributed by atoms with van der Waals surface area (Å²) in [6, 6.07) is -2.09. The third kappa shape index (κ3) is 8.42. The number of hydrazine groups is 1. The lowest BCUT2D eigenvalue weighted by Crippen LogP contribution is -2.48. The molecule has 0 aromatic heterocycles. The van der Waals surface area contributed by atoms with E-state index in [9.17, 15) is 19.2 Å². The number of nitrogens with one attached hydrogen (secondary N) is 8. The van der Waals surface area contributed by atoms with Crippen molar-refractivity contribution in [3.8, 4) is 0 Å². The zero-order valence-corrected chi connectivity index (χ0v) is 24.3. The Hall–Kier alpha value is -3.76. The van der Waals surface area contributed by atoms with Gasteiger partial charge in [0.15, 0.2) is 0 Å². The van der Waals surface area contributed by atoms with Gasteiger partial charge in [-0.15, -0.1) is 0 Å². The molecule has 4 fully saturated rings.